The highest BCUT2D eigenvalue weighted by molar-refractivity contribution is 7.80. The number of ether oxygens (including phenoxy) is 2. The Hall–Kier alpha value is -2.67. The van der Waals surface area contributed by atoms with Gasteiger partial charge in [-0.15, -0.1) is 0 Å². The molecule has 26 heavy (non-hydrogen) atoms. The fourth-order valence-electron chi connectivity index (χ4n) is 2.00. The minimum atomic E-state index is -0.303. The van der Waals surface area contributed by atoms with Gasteiger partial charge in [0, 0.05) is 5.69 Å². The Labute approximate surface area is 158 Å². The van der Waals surface area contributed by atoms with E-state index in [0.717, 1.165) is 5.56 Å². The third-order valence-corrected chi connectivity index (χ3v) is 3.44. The monoisotopic (exact) mass is 375 g/mol. The second-order valence-corrected chi connectivity index (χ2v) is 6.35. The van der Waals surface area contributed by atoms with Gasteiger partial charge in [0.2, 0.25) is 0 Å². The van der Waals surface area contributed by atoms with Crippen molar-refractivity contribution in [2.45, 2.75) is 13.8 Å². The average molecular weight is 375 g/mol. The number of halogens is 1. The lowest BCUT2D eigenvalue weighted by atomic mass is 10.2. The van der Waals surface area contributed by atoms with Crippen LogP contribution >= 0.6 is 12.2 Å². The van der Waals surface area contributed by atoms with Crippen LogP contribution in [-0.4, -0.2) is 25.0 Å². The summed E-state index contributed by atoms with van der Waals surface area (Å²) in [5, 5.41) is 7.31. The molecule has 0 fully saturated rings. The summed E-state index contributed by atoms with van der Waals surface area (Å²) in [5.74, 6) is 1.44. The highest BCUT2D eigenvalue weighted by Crippen LogP contribution is 2.28. The Morgan fingerprint density at radius 2 is 1.92 bits per heavy atom. The van der Waals surface area contributed by atoms with Crippen LogP contribution in [0.15, 0.2) is 47.6 Å². The van der Waals surface area contributed by atoms with E-state index in [1.54, 1.807) is 25.5 Å². The average Bonchev–Trinajstić information content (AvgIpc) is 2.62. The number of hydrazone groups is 1. The number of rotatable bonds is 7. The SMILES string of the molecule is COc1ccc(/C=N\NC(=S)Nc2ccc(F)cc2)cc1OCC(C)C. The van der Waals surface area contributed by atoms with Gasteiger partial charge in [-0.05, 0) is 66.2 Å². The zero-order valence-electron chi connectivity index (χ0n) is 15.0. The molecule has 5 nitrogen and oxygen atoms in total. The largest absolute Gasteiger partial charge is 0.493 e. The summed E-state index contributed by atoms with van der Waals surface area (Å²) in [6, 6.07) is 11.4. The lowest BCUT2D eigenvalue weighted by Crippen LogP contribution is -2.23. The van der Waals surface area contributed by atoms with Gasteiger partial charge >= 0.3 is 0 Å². The number of anilines is 1. The zero-order valence-corrected chi connectivity index (χ0v) is 15.8. The van der Waals surface area contributed by atoms with Gasteiger partial charge in [0.1, 0.15) is 5.82 Å². The predicted molar refractivity (Wildman–Crippen MR) is 107 cm³/mol. The Bertz CT molecular complexity index is 764. The Morgan fingerprint density at radius 1 is 1.19 bits per heavy atom. The van der Waals surface area contributed by atoms with E-state index in [0.29, 0.717) is 34.8 Å². The number of hydrogen-bond acceptors (Lipinski definition) is 4. The summed E-state index contributed by atoms with van der Waals surface area (Å²) < 4.78 is 24.0. The molecule has 2 rings (SSSR count). The van der Waals surface area contributed by atoms with E-state index in [1.165, 1.54) is 12.1 Å². The normalized spacial score (nSPS) is 10.8. The molecular formula is C19H22FN3O2S. The maximum absolute atomic E-state index is 12.9. The first kappa shape index (κ1) is 19.7. The molecule has 0 aliphatic heterocycles. The van der Waals surface area contributed by atoms with Crippen LogP contribution in [0.25, 0.3) is 0 Å². The topological polar surface area (TPSA) is 54.9 Å². The first-order valence-corrected chi connectivity index (χ1v) is 8.55. The molecule has 7 heteroatoms. The minimum absolute atomic E-state index is 0.303. The van der Waals surface area contributed by atoms with Crippen molar-refractivity contribution >= 4 is 29.2 Å². The zero-order chi connectivity index (χ0) is 18.9. The van der Waals surface area contributed by atoms with Crippen molar-refractivity contribution in [1.29, 1.82) is 0 Å². The van der Waals surface area contributed by atoms with Crippen molar-refractivity contribution in [2.75, 3.05) is 19.0 Å². The highest BCUT2D eigenvalue weighted by Gasteiger charge is 2.06. The molecule has 0 radical (unpaired) electrons. The number of benzene rings is 2. The fraction of sp³-hybridized carbons (Fsp3) is 0.263. The summed E-state index contributed by atoms with van der Waals surface area (Å²) >= 11 is 5.15. The minimum Gasteiger partial charge on any atom is -0.493 e. The van der Waals surface area contributed by atoms with Crippen molar-refractivity contribution in [3.63, 3.8) is 0 Å². The number of hydrogen-bond donors (Lipinski definition) is 2. The van der Waals surface area contributed by atoms with Gasteiger partial charge in [-0.3, -0.25) is 5.43 Å². The van der Waals surface area contributed by atoms with Crippen molar-refractivity contribution in [3.8, 4) is 11.5 Å². The first-order chi connectivity index (χ1) is 12.5. The number of nitrogens with one attached hydrogen (secondary N) is 2. The second kappa shape index (κ2) is 9.72. The molecule has 0 saturated heterocycles. The maximum Gasteiger partial charge on any atom is 0.191 e. The molecule has 2 aromatic carbocycles. The van der Waals surface area contributed by atoms with Crippen LogP contribution in [0.5, 0.6) is 11.5 Å². The van der Waals surface area contributed by atoms with Gasteiger partial charge in [0.05, 0.1) is 19.9 Å². The van der Waals surface area contributed by atoms with Crippen LogP contribution in [0.2, 0.25) is 0 Å². The summed E-state index contributed by atoms with van der Waals surface area (Å²) in [7, 11) is 1.60. The highest BCUT2D eigenvalue weighted by atomic mass is 32.1. The van der Waals surface area contributed by atoms with Crippen molar-refractivity contribution in [1.82, 2.24) is 5.43 Å². The van der Waals surface area contributed by atoms with Crippen molar-refractivity contribution in [3.05, 3.63) is 53.8 Å². The van der Waals surface area contributed by atoms with Crippen LogP contribution in [-0.2, 0) is 0 Å². The summed E-state index contributed by atoms with van der Waals surface area (Å²) in [6.07, 6.45) is 1.63. The quantitative estimate of drug-likeness (QED) is 0.432. The molecule has 0 aliphatic carbocycles. The molecule has 2 N–H and O–H groups in total. The van der Waals surface area contributed by atoms with Gasteiger partial charge < -0.3 is 14.8 Å². The van der Waals surface area contributed by atoms with Crippen molar-refractivity contribution in [2.24, 2.45) is 11.0 Å². The predicted octanol–water partition coefficient (Wildman–Crippen LogP) is 4.19. The van der Waals surface area contributed by atoms with E-state index in [4.69, 9.17) is 21.7 Å². The van der Waals surface area contributed by atoms with Gasteiger partial charge in [-0.25, -0.2) is 4.39 Å². The summed E-state index contributed by atoms with van der Waals surface area (Å²) in [6.45, 7) is 4.76. The number of thiocarbonyl (C=S) groups is 1. The number of nitrogens with zero attached hydrogens (tertiary/aromatic N) is 1. The summed E-state index contributed by atoms with van der Waals surface area (Å²) in [5.41, 5.74) is 4.23. The van der Waals surface area contributed by atoms with E-state index < -0.39 is 0 Å². The lowest BCUT2D eigenvalue weighted by Gasteiger charge is -2.12. The smallest absolute Gasteiger partial charge is 0.191 e. The Kier molecular flexibility index (Phi) is 7.35. The van der Waals surface area contributed by atoms with Crippen LogP contribution in [0.4, 0.5) is 10.1 Å². The summed E-state index contributed by atoms with van der Waals surface area (Å²) in [4.78, 5) is 0. The Morgan fingerprint density at radius 3 is 2.58 bits per heavy atom. The van der Waals surface area contributed by atoms with Crippen LogP contribution in [0, 0.1) is 11.7 Å². The van der Waals surface area contributed by atoms with Gasteiger partial charge in [-0.2, -0.15) is 5.10 Å². The molecule has 0 atom stereocenters. The fourth-order valence-corrected chi connectivity index (χ4v) is 2.17. The van der Waals surface area contributed by atoms with E-state index in [9.17, 15) is 4.39 Å². The molecular weight excluding hydrogens is 353 g/mol. The molecule has 0 aliphatic rings. The third kappa shape index (κ3) is 6.33. The van der Waals surface area contributed by atoms with E-state index in [2.05, 4.69) is 29.7 Å². The molecule has 0 unspecified atom stereocenters. The van der Waals surface area contributed by atoms with Gasteiger partial charge in [0.15, 0.2) is 16.6 Å². The molecule has 0 heterocycles. The van der Waals surface area contributed by atoms with Crippen LogP contribution in [0.3, 0.4) is 0 Å². The Balaban J connectivity index is 1.95. The molecule has 138 valence electrons. The van der Waals surface area contributed by atoms with E-state index in [-0.39, 0.29) is 5.82 Å². The standard InChI is InChI=1S/C19H22FN3O2S/c1-13(2)12-25-18-10-14(4-9-17(18)24-3)11-21-23-19(26)22-16-7-5-15(20)6-8-16/h4-11,13H,12H2,1-3H3,(H2,22,23,26)/b21-11-. The molecule has 0 saturated carbocycles. The second-order valence-electron chi connectivity index (χ2n) is 5.95. The van der Waals surface area contributed by atoms with E-state index >= 15 is 0 Å². The molecule has 0 bridgehead atoms. The maximum atomic E-state index is 12.9. The number of methoxy groups -OCH3 is 1. The van der Waals surface area contributed by atoms with Gasteiger partial charge in [0.25, 0.3) is 0 Å². The van der Waals surface area contributed by atoms with Crippen LogP contribution < -0.4 is 20.2 Å². The molecule has 0 aromatic heterocycles. The third-order valence-electron chi connectivity index (χ3n) is 3.24. The lowest BCUT2D eigenvalue weighted by molar-refractivity contribution is 0.257. The van der Waals surface area contributed by atoms with Gasteiger partial charge in [-0.1, -0.05) is 13.8 Å². The van der Waals surface area contributed by atoms with Crippen LogP contribution in [0.1, 0.15) is 19.4 Å². The first-order valence-electron chi connectivity index (χ1n) is 8.14. The molecule has 0 amide bonds. The molecule has 0 spiro atoms. The van der Waals surface area contributed by atoms with Crippen molar-refractivity contribution < 1.29 is 13.9 Å². The van der Waals surface area contributed by atoms with E-state index in [1.807, 2.05) is 18.2 Å². The molecule has 2 aromatic rings.